The highest BCUT2D eigenvalue weighted by molar-refractivity contribution is 7.89. The van der Waals surface area contributed by atoms with E-state index in [1.54, 1.807) is 13.8 Å². The number of pyridine rings is 1. The van der Waals surface area contributed by atoms with Crippen LogP contribution in [0.25, 0.3) is 0 Å². The quantitative estimate of drug-likeness (QED) is 0.649. The zero-order valence-corrected chi connectivity index (χ0v) is 20.1. The Morgan fingerprint density at radius 1 is 1.24 bits per heavy atom. The third-order valence-electron chi connectivity index (χ3n) is 8.68. The first-order valence-electron chi connectivity index (χ1n) is 11.2. The van der Waals surface area contributed by atoms with Crippen molar-refractivity contribution in [3.05, 3.63) is 23.6 Å². The first kappa shape index (κ1) is 24.7. The molecule has 2 heterocycles. The molecular formula is C22H31F4N3O3S. The molecule has 0 radical (unpaired) electrons. The molecule has 6 nitrogen and oxygen atoms in total. The van der Waals surface area contributed by atoms with E-state index in [0.717, 1.165) is 6.42 Å². The minimum atomic E-state index is -4.70. The number of aromatic nitrogens is 1. The van der Waals surface area contributed by atoms with Gasteiger partial charge in [0.1, 0.15) is 0 Å². The van der Waals surface area contributed by atoms with Crippen LogP contribution in [0.15, 0.2) is 12.3 Å². The topological polar surface area (TPSA) is 73.7 Å². The smallest absolute Gasteiger partial charge is 0.390 e. The van der Waals surface area contributed by atoms with Crippen molar-refractivity contribution in [3.8, 4) is 0 Å². The van der Waals surface area contributed by atoms with Crippen LogP contribution in [0.5, 0.6) is 0 Å². The highest BCUT2D eigenvalue weighted by Gasteiger charge is 2.70. The molecule has 3 aliphatic rings. The number of hydrogen-bond donors (Lipinski definition) is 1. The zero-order chi connectivity index (χ0) is 24.6. The third kappa shape index (κ3) is 3.74. The number of piperazine rings is 1. The third-order valence-corrected chi connectivity index (χ3v) is 10.7. The van der Waals surface area contributed by atoms with Gasteiger partial charge in [-0.05, 0) is 50.5 Å². The van der Waals surface area contributed by atoms with Gasteiger partial charge in [0.2, 0.25) is 10.0 Å². The van der Waals surface area contributed by atoms with E-state index in [1.165, 1.54) is 9.21 Å². The van der Waals surface area contributed by atoms with E-state index in [9.17, 15) is 31.1 Å². The summed E-state index contributed by atoms with van der Waals surface area (Å²) in [7, 11) is -3.74. The van der Waals surface area contributed by atoms with Crippen molar-refractivity contribution in [3.63, 3.8) is 0 Å². The predicted molar refractivity (Wildman–Crippen MR) is 116 cm³/mol. The molecule has 1 saturated heterocycles. The number of sulfonamides is 1. The molecule has 1 aromatic heterocycles. The van der Waals surface area contributed by atoms with Crippen molar-refractivity contribution in [2.45, 2.75) is 64.8 Å². The predicted octanol–water partition coefficient (Wildman–Crippen LogP) is 3.66. The fourth-order valence-electron chi connectivity index (χ4n) is 6.59. The Labute approximate surface area is 192 Å². The number of aliphatic hydroxyl groups is 1. The Hall–Kier alpha value is -1.46. The SMILES string of the molecule is C[C@H]1CN(S(=O)(=O)C[C@@]23CC[C@H](CC2(C)O)C3(C)C)CCN1c1ncc(C(F)(F)F)cc1F. The summed E-state index contributed by atoms with van der Waals surface area (Å²) in [6.07, 6.45) is -1.99. The van der Waals surface area contributed by atoms with Crippen LogP contribution in [0.4, 0.5) is 23.4 Å². The summed E-state index contributed by atoms with van der Waals surface area (Å²) in [4.78, 5) is 5.19. The molecule has 1 N–H and O–H groups in total. The van der Waals surface area contributed by atoms with Crippen LogP contribution in [-0.4, -0.2) is 59.8 Å². The lowest BCUT2D eigenvalue weighted by molar-refractivity contribution is -0.138. The lowest BCUT2D eigenvalue weighted by Crippen LogP contribution is -2.58. The molecule has 1 aromatic rings. The summed E-state index contributed by atoms with van der Waals surface area (Å²) in [5.74, 6) is -1.19. The van der Waals surface area contributed by atoms with Crippen LogP contribution in [0.1, 0.15) is 52.5 Å². The Bertz CT molecular complexity index is 1040. The molecule has 0 spiro atoms. The fraction of sp³-hybridized carbons (Fsp3) is 0.773. The molecule has 2 bridgehead atoms. The second kappa shape index (κ2) is 7.52. The Balaban J connectivity index is 1.52. The van der Waals surface area contributed by atoms with Crippen LogP contribution in [0.3, 0.4) is 0 Å². The fourth-order valence-corrected chi connectivity index (χ4v) is 9.03. The highest BCUT2D eigenvalue weighted by atomic mass is 32.2. The maximum absolute atomic E-state index is 14.4. The molecule has 0 aromatic carbocycles. The van der Waals surface area contributed by atoms with Gasteiger partial charge < -0.3 is 10.0 Å². The van der Waals surface area contributed by atoms with Gasteiger partial charge in [-0.2, -0.15) is 17.5 Å². The number of halogens is 4. The Morgan fingerprint density at radius 2 is 1.91 bits per heavy atom. The molecule has 4 atom stereocenters. The molecule has 0 amide bonds. The summed E-state index contributed by atoms with van der Waals surface area (Å²) in [5.41, 5.74) is -3.31. The van der Waals surface area contributed by atoms with E-state index in [0.29, 0.717) is 25.1 Å². The van der Waals surface area contributed by atoms with Crippen molar-refractivity contribution in [2.24, 2.45) is 16.7 Å². The monoisotopic (exact) mass is 493 g/mol. The molecule has 1 unspecified atom stereocenters. The largest absolute Gasteiger partial charge is 0.417 e. The minimum Gasteiger partial charge on any atom is -0.390 e. The van der Waals surface area contributed by atoms with E-state index in [4.69, 9.17) is 0 Å². The van der Waals surface area contributed by atoms with Crippen LogP contribution in [0.2, 0.25) is 0 Å². The van der Waals surface area contributed by atoms with Gasteiger partial charge in [-0.25, -0.2) is 17.8 Å². The molecule has 3 fully saturated rings. The van der Waals surface area contributed by atoms with Gasteiger partial charge in [0.05, 0.1) is 16.9 Å². The lowest BCUT2D eigenvalue weighted by atomic mass is 9.65. The van der Waals surface area contributed by atoms with Crippen molar-refractivity contribution in [1.82, 2.24) is 9.29 Å². The average molecular weight is 494 g/mol. The van der Waals surface area contributed by atoms with Gasteiger partial charge >= 0.3 is 6.18 Å². The van der Waals surface area contributed by atoms with Crippen LogP contribution in [-0.2, 0) is 16.2 Å². The van der Waals surface area contributed by atoms with Crippen molar-refractivity contribution in [1.29, 1.82) is 0 Å². The maximum Gasteiger partial charge on any atom is 0.417 e. The van der Waals surface area contributed by atoms with Crippen LogP contribution in [0, 0.1) is 22.6 Å². The maximum atomic E-state index is 14.4. The second-order valence-electron chi connectivity index (χ2n) is 10.7. The van der Waals surface area contributed by atoms with Gasteiger partial charge in [0.25, 0.3) is 0 Å². The molecule has 11 heteroatoms. The van der Waals surface area contributed by atoms with Gasteiger partial charge in [-0.3, -0.25) is 0 Å². The molecule has 33 heavy (non-hydrogen) atoms. The lowest BCUT2D eigenvalue weighted by Gasteiger charge is -2.47. The number of nitrogens with zero attached hydrogens (tertiary/aromatic N) is 3. The number of rotatable bonds is 4. The number of alkyl halides is 3. The molecule has 4 rings (SSSR count). The van der Waals surface area contributed by atoms with Crippen LogP contribution < -0.4 is 4.90 Å². The van der Waals surface area contributed by atoms with Gasteiger partial charge in [-0.15, -0.1) is 0 Å². The number of fused-ring (bicyclic) bond motifs is 2. The van der Waals surface area contributed by atoms with Crippen molar-refractivity contribution >= 4 is 15.8 Å². The van der Waals surface area contributed by atoms with E-state index < -0.39 is 44.6 Å². The zero-order valence-electron chi connectivity index (χ0n) is 19.3. The number of hydrogen-bond acceptors (Lipinski definition) is 5. The van der Waals surface area contributed by atoms with Crippen LogP contribution >= 0.6 is 0 Å². The Morgan fingerprint density at radius 3 is 2.39 bits per heavy atom. The van der Waals surface area contributed by atoms with Gasteiger partial charge in [-0.1, -0.05) is 13.8 Å². The van der Waals surface area contributed by atoms with E-state index in [-0.39, 0.29) is 42.5 Å². The van der Waals surface area contributed by atoms with E-state index >= 15 is 0 Å². The van der Waals surface area contributed by atoms with Gasteiger partial charge in [0, 0.05) is 37.3 Å². The highest BCUT2D eigenvalue weighted by Crippen LogP contribution is 2.70. The summed E-state index contributed by atoms with van der Waals surface area (Å²) in [5, 5.41) is 11.2. The summed E-state index contributed by atoms with van der Waals surface area (Å²) >= 11 is 0. The summed E-state index contributed by atoms with van der Waals surface area (Å²) in [6, 6.07) is -0.0730. The van der Waals surface area contributed by atoms with Crippen molar-refractivity contribution < 1.29 is 31.1 Å². The first-order valence-corrected chi connectivity index (χ1v) is 12.8. The Kier molecular flexibility index (Phi) is 5.62. The first-order chi connectivity index (χ1) is 15.0. The average Bonchev–Trinajstić information content (AvgIpc) is 2.99. The standard InChI is InChI=1S/C22H31F4N3O3S/c1-14-12-28(7-8-29(14)18-17(23)9-16(11-27-18)22(24,25)26)33(31,32)13-21-6-5-15(19(21,2)3)10-20(21,4)30/h9,11,14-15,30H,5-8,10,12-13H2,1-4H3/t14-,15+,20?,21+/m0/s1. The molecular weight excluding hydrogens is 462 g/mol. The molecule has 186 valence electrons. The van der Waals surface area contributed by atoms with E-state index in [1.807, 2.05) is 13.8 Å². The molecule has 2 saturated carbocycles. The minimum absolute atomic E-state index is 0.0621. The molecule has 2 aliphatic carbocycles. The summed E-state index contributed by atoms with van der Waals surface area (Å²) < 4.78 is 81.3. The second-order valence-corrected chi connectivity index (χ2v) is 12.7. The molecule has 1 aliphatic heterocycles. The summed E-state index contributed by atoms with van der Waals surface area (Å²) in [6.45, 7) is 7.75. The number of anilines is 1. The van der Waals surface area contributed by atoms with E-state index in [2.05, 4.69) is 4.98 Å². The normalized spacial score (nSPS) is 34.8. The van der Waals surface area contributed by atoms with Gasteiger partial charge in [0.15, 0.2) is 11.6 Å². The van der Waals surface area contributed by atoms with Crippen molar-refractivity contribution in [2.75, 3.05) is 30.3 Å².